The first-order chi connectivity index (χ1) is 13.1. The van der Waals surface area contributed by atoms with E-state index >= 15 is 0 Å². The monoisotopic (exact) mass is 391 g/mol. The maximum absolute atomic E-state index is 12.3. The van der Waals surface area contributed by atoms with Crippen LogP contribution in [0.1, 0.15) is 37.4 Å². The molecule has 3 atom stereocenters. The molecule has 3 heterocycles. The topological polar surface area (TPSA) is 61.9 Å². The smallest absolute Gasteiger partial charge is 0.222 e. The minimum absolute atomic E-state index is 0.0368. The molecule has 3 saturated heterocycles. The van der Waals surface area contributed by atoms with Crippen molar-refractivity contribution in [3.8, 4) is 0 Å². The third-order valence-electron chi connectivity index (χ3n) is 5.81. The van der Waals surface area contributed by atoms with E-state index in [9.17, 15) is 9.59 Å². The van der Waals surface area contributed by atoms with Crippen LogP contribution in [-0.4, -0.2) is 66.5 Å². The molecule has 7 heteroatoms. The Kier molecular flexibility index (Phi) is 5.66. The number of nitrogens with zero attached hydrogens (tertiary/aromatic N) is 2. The van der Waals surface area contributed by atoms with E-state index in [0.29, 0.717) is 32.0 Å². The second-order valence-electron chi connectivity index (χ2n) is 7.72. The summed E-state index contributed by atoms with van der Waals surface area (Å²) in [5.74, 6) is 0.209. The van der Waals surface area contributed by atoms with Gasteiger partial charge >= 0.3 is 0 Å². The lowest BCUT2D eigenvalue weighted by molar-refractivity contribution is -0.128. The Balaban J connectivity index is 1.25. The van der Waals surface area contributed by atoms with Gasteiger partial charge in [0.05, 0.1) is 12.7 Å². The molecule has 1 N–H and O–H groups in total. The van der Waals surface area contributed by atoms with Crippen molar-refractivity contribution >= 4 is 23.4 Å². The zero-order valence-electron chi connectivity index (χ0n) is 15.4. The van der Waals surface area contributed by atoms with Gasteiger partial charge in [0.25, 0.3) is 0 Å². The maximum atomic E-state index is 12.3. The number of carbonyl (C=O) groups is 2. The van der Waals surface area contributed by atoms with Crippen molar-refractivity contribution in [3.05, 3.63) is 34.9 Å². The lowest BCUT2D eigenvalue weighted by Gasteiger charge is -2.35. The van der Waals surface area contributed by atoms with Gasteiger partial charge in [-0.25, -0.2) is 0 Å². The van der Waals surface area contributed by atoms with Crippen LogP contribution in [0.25, 0.3) is 0 Å². The maximum Gasteiger partial charge on any atom is 0.222 e. The summed E-state index contributed by atoms with van der Waals surface area (Å²) in [7, 11) is 0. The van der Waals surface area contributed by atoms with E-state index in [4.69, 9.17) is 16.3 Å². The lowest BCUT2D eigenvalue weighted by atomic mass is 10.1. The molecule has 1 aromatic carbocycles. The van der Waals surface area contributed by atoms with Crippen molar-refractivity contribution in [2.45, 2.75) is 43.9 Å². The summed E-state index contributed by atoms with van der Waals surface area (Å²) < 4.78 is 6.06. The Bertz CT molecular complexity index is 696. The van der Waals surface area contributed by atoms with Crippen molar-refractivity contribution in [3.63, 3.8) is 0 Å². The van der Waals surface area contributed by atoms with Crippen LogP contribution in [0.2, 0.25) is 5.02 Å². The Morgan fingerprint density at radius 3 is 2.81 bits per heavy atom. The number of benzene rings is 1. The lowest BCUT2D eigenvalue weighted by Crippen LogP contribution is -2.43. The predicted molar refractivity (Wildman–Crippen MR) is 102 cm³/mol. The normalized spacial score (nSPS) is 28.4. The van der Waals surface area contributed by atoms with Gasteiger partial charge in [-0.3, -0.25) is 14.5 Å². The van der Waals surface area contributed by atoms with E-state index in [-0.39, 0.29) is 24.0 Å². The third-order valence-corrected chi connectivity index (χ3v) is 6.06. The number of amides is 2. The van der Waals surface area contributed by atoms with Crippen LogP contribution in [0.3, 0.4) is 0 Å². The summed E-state index contributed by atoms with van der Waals surface area (Å²) in [5, 5.41) is 3.87. The highest BCUT2D eigenvalue weighted by atomic mass is 35.5. The van der Waals surface area contributed by atoms with E-state index in [2.05, 4.69) is 10.2 Å². The van der Waals surface area contributed by atoms with Gasteiger partial charge in [0.2, 0.25) is 11.8 Å². The fourth-order valence-electron chi connectivity index (χ4n) is 4.33. The molecule has 27 heavy (non-hydrogen) atoms. The van der Waals surface area contributed by atoms with Crippen LogP contribution >= 0.6 is 11.6 Å². The van der Waals surface area contributed by atoms with Gasteiger partial charge in [-0.15, -0.1) is 0 Å². The molecule has 3 aliphatic heterocycles. The van der Waals surface area contributed by atoms with Crippen molar-refractivity contribution in [1.29, 1.82) is 0 Å². The summed E-state index contributed by atoms with van der Waals surface area (Å²) in [4.78, 5) is 28.1. The van der Waals surface area contributed by atoms with Gasteiger partial charge in [-0.1, -0.05) is 23.7 Å². The zero-order chi connectivity index (χ0) is 18.8. The highest BCUT2D eigenvalue weighted by Gasteiger charge is 2.38. The summed E-state index contributed by atoms with van der Waals surface area (Å²) in [6.07, 6.45) is 2.89. The number of nitrogens with one attached hydrogen (secondary N) is 1. The molecular formula is C20H26ClN3O3. The molecule has 3 fully saturated rings. The molecule has 2 amide bonds. The third kappa shape index (κ3) is 4.45. The summed E-state index contributed by atoms with van der Waals surface area (Å²) in [6, 6.07) is 8.34. The number of ether oxygens (including phenoxy) is 1. The Hall–Kier alpha value is -1.63. The van der Waals surface area contributed by atoms with Crippen molar-refractivity contribution in [2.24, 2.45) is 0 Å². The second-order valence-corrected chi connectivity index (χ2v) is 8.15. The molecule has 0 unspecified atom stereocenters. The SMILES string of the molecule is O=C(CCN1CCCC1=O)N[C@@H]1C[C@H]2CO[C@@H](c3ccc(Cl)cc3)CN2C1. The number of likely N-dealkylation sites (tertiary alicyclic amines) is 1. The molecule has 0 bridgehead atoms. The molecule has 0 saturated carbocycles. The Morgan fingerprint density at radius 2 is 2.07 bits per heavy atom. The highest BCUT2D eigenvalue weighted by Crippen LogP contribution is 2.30. The van der Waals surface area contributed by atoms with Gasteiger partial charge < -0.3 is 15.0 Å². The number of hydrogen-bond donors (Lipinski definition) is 1. The van der Waals surface area contributed by atoms with E-state index in [1.165, 1.54) is 0 Å². The predicted octanol–water partition coefficient (Wildman–Crippen LogP) is 1.98. The molecule has 6 nitrogen and oxygen atoms in total. The molecule has 3 aliphatic rings. The number of morpholine rings is 1. The minimum Gasteiger partial charge on any atom is -0.371 e. The fourth-order valence-corrected chi connectivity index (χ4v) is 4.46. The summed E-state index contributed by atoms with van der Waals surface area (Å²) in [5.41, 5.74) is 1.14. The molecule has 146 valence electrons. The number of carbonyl (C=O) groups excluding carboxylic acids is 2. The molecular weight excluding hydrogens is 366 g/mol. The van der Waals surface area contributed by atoms with E-state index in [0.717, 1.165) is 43.1 Å². The van der Waals surface area contributed by atoms with Crippen LogP contribution in [-0.2, 0) is 14.3 Å². The molecule has 0 radical (unpaired) electrons. The average Bonchev–Trinajstić information content (AvgIpc) is 3.25. The van der Waals surface area contributed by atoms with E-state index in [1.807, 2.05) is 24.3 Å². The fraction of sp³-hybridized carbons (Fsp3) is 0.600. The number of hydrogen-bond acceptors (Lipinski definition) is 4. The summed E-state index contributed by atoms with van der Waals surface area (Å²) >= 11 is 5.97. The molecule has 1 aromatic rings. The summed E-state index contributed by atoms with van der Waals surface area (Å²) in [6.45, 7) is 3.69. The van der Waals surface area contributed by atoms with Gasteiger partial charge in [0, 0.05) is 56.1 Å². The number of halogens is 1. The van der Waals surface area contributed by atoms with Crippen LogP contribution in [0.4, 0.5) is 0 Å². The highest BCUT2D eigenvalue weighted by molar-refractivity contribution is 6.30. The Labute approximate surface area is 164 Å². The van der Waals surface area contributed by atoms with E-state index in [1.54, 1.807) is 4.90 Å². The second kappa shape index (κ2) is 8.17. The molecule has 0 aromatic heterocycles. The van der Waals surface area contributed by atoms with Crippen LogP contribution < -0.4 is 5.32 Å². The minimum atomic E-state index is 0.0368. The quantitative estimate of drug-likeness (QED) is 0.833. The van der Waals surface area contributed by atoms with Gasteiger partial charge in [-0.2, -0.15) is 0 Å². The van der Waals surface area contributed by atoms with Crippen LogP contribution in [0, 0.1) is 0 Å². The largest absolute Gasteiger partial charge is 0.371 e. The standard InChI is InChI=1S/C20H26ClN3O3/c21-15-5-3-14(4-6-15)18-12-24-11-16(10-17(24)13-27-18)22-19(25)7-9-23-8-1-2-20(23)26/h3-6,16-18H,1-2,7-13H2,(H,22,25)/t16-,17+,18-/m1/s1. The van der Waals surface area contributed by atoms with Crippen molar-refractivity contribution in [1.82, 2.24) is 15.1 Å². The zero-order valence-corrected chi connectivity index (χ0v) is 16.2. The molecule has 4 rings (SSSR count). The first kappa shape index (κ1) is 18.7. The number of fused-ring (bicyclic) bond motifs is 1. The first-order valence-corrected chi connectivity index (χ1v) is 10.1. The van der Waals surface area contributed by atoms with E-state index < -0.39 is 0 Å². The van der Waals surface area contributed by atoms with Crippen molar-refractivity contribution < 1.29 is 14.3 Å². The van der Waals surface area contributed by atoms with Crippen molar-refractivity contribution in [2.75, 3.05) is 32.8 Å². The van der Waals surface area contributed by atoms with Gasteiger partial charge in [-0.05, 0) is 30.5 Å². The molecule has 0 spiro atoms. The van der Waals surface area contributed by atoms with Gasteiger partial charge in [0.1, 0.15) is 0 Å². The average molecular weight is 392 g/mol. The Morgan fingerprint density at radius 1 is 1.26 bits per heavy atom. The van der Waals surface area contributed by atoms with Gasteiger partial charge in [0.15, 0.2) is 0 Å². The molecule has 0 aliphatic carbocycles. The van der Waals surface area contributed by atoms with Crippen LogP contribution in [0.15, 0.2) is 24.3 Å². The van der Waals surface area contributed by atoms with Crippen LogP contribution in [0.5, 0.6) is 0 Å². The number of rotatable bonds is 5. The first-order valence-electron chi connectivity index (χ1n) is 9.77.